The highest BCUT2D eigenvalue weighted by Crippen LogP contribution is 2.15. The number of hydroxylamine groups is 1. The first-order valence-corrected chi connectivity index (χ1v) is 5.61. The van der Waals surface area contributed by atoms with Crippen molar-refractivity contribution in [3.63, 3.8) is 0 Å². The molecule has 0 aromatic heterocycles. The predicted octanol–water partition coefficient (Wildman–Crippen LogP) is 2.75. The molecule has 94 valence electrons. The van der Waals surface area contributed by atoms with E-state index in [1.807, 2.05) is 30.3 Å². The van der Waals surface area contributed by atoms with E-state index in [1.165, 1.54) is 12.1 Å². The number of hydrogen-bond acceptors (Lipinski definition) is 3. The smallest absolute Gasteiger partial charge is 0.165 e. The number of hydrogen-bond donors (Lipinski definition) is 2. The Morgan fingerprint density at radius 2 is 1.83 bits per heavy atom. The molecule has 0 atom stereocenters. The summed E-state index contributed by atoms with van der Waals surface area (Å²) in [7, 11) is 0. The molecule has 0 heterocycles. The normalized spacial score (nSPS) is 10.5. The minimum Gasteiger partial charge on any atom is -0.505 e. The number of phenols is 1. The van der Waals surface area contributed by atoms with Crippen LogP contribution < -0.4 is 5.48 Å². The topological polar surface area (TPSA) is 41.5 Å². The van der Waals surface area contributed by atoms with Crippen molar-refractivity contribution in [2.45, 2.75) is 13.2 Å². The molecule has 2 aromatic carbocycles. The molecule has 0 unspecified atom stereocenters. The lowest BCUT2D eigenvalue weighted by Gasteiger charge is -2.06. The van der Waals surface area contributed by atoms with Crippen molar-refractivity contribution in [3.05, 3.63) is 65.5 Å². The summed E-state index contributed by atoms with van der Waals surface area (Å²) in [5.74, 6) is -0.971. The minimum atomic E-state index is -0.627. The molecule has 0 aliphatic heterocycles. The van der Waals surface area contributed by atoms with E-state index in [1.54, 1.807) is 6.07 Å². The summed E-state index contributed by atoms with van der Waals surface area (Å²) in [5.41, 5.74) is 4.51. The Hall–Kier alpha value is -1.91. The molecule has 0 saturated heterocycles. The van der Waals surface area contributed by atoms with Crippen LogP contribution >= 0.6 is 0 Å². The first kappa shape index (κ1) is 12.5. The van der Waals surface area contributed by atoms with Gasteiger partial charge in [0.05, 0.1) is 6.61 Å². The van der Waals surface area contributed by atoms with Crippen LogP contribution in [0, 0.1) is 5.82 Å². The van der Waals surface area contributed by atoms with Crippen molar-refractivity contribution in [2.24, 2.45) is 0 Å². The average molecular weight is 247 g/mol. The quantitative estimate of drug-likeness (QED) is 0.630. The first-order valence-electron chi connectivity index (χ1n) is 5.61. The third kappa shape index (κ3) is 3.55. The van der Waals surface area contributed by atoms with Gasteiger partial charge in [-0.15, -0.1) is 0 Å². The van der Waals surface area contributed by atoms with Crippen LogP contribution in [-0.4, -0.2) is 5.11 Å². The van der Waals surface area contributed by atoms with Gasteiger partial charge in [-0.2, -0.15) is 5.48 Å². The van der Waals surface area contributed by atoms with Crippen LogP contribution in [0.3, 0.4) is 0 Å². The SMILES string of the molecule is Oc1ccc(CNOCc2ccccc2)cc1F. The van der Waals surface area contributed by atoms with Gasteiger partial charge in [0.25, 0.3) is 0 Å². The second kappa shape index (κ2) is 6.14. The zero-order valence-electron chi connectivity index (χ0n) is 9.77. The molecule has 18 heavy (non-hydrogen) atoms. The van der Waals surface area contributed by atoms with Crippen molar-refractivity contribution in [1.29, 1.82) is 0 Å². The second-order valence-corrected chi connectivity index (χ2v) is 3.88. The van der Waals surface area contributed by atoms with Gasteiger partial charge in [-0.05, 0) is 23.3 Å². The summed E-state index contributed by atoms with van der Waals surface area (Å²) < 4.78 is 13.0. The first-order chi connectivity index (χ1) is 8.75. The van der Waals surface area contributed by atoms with E-state index in [-0.39, 0.29) is 5.75 Å². The van der Waals surface area contributed by atoms with E-state index in [2.05, 4.69) is 5.48 Å². The van der Waals surface area contributed by atoms with Crippen LogP contribution in [0.2, 0.25) is 0 Å². The van der Waals surface area contributed by atoms with Crippen LogP contribution in [0.15, 0.2) is 48.5 Å². The number of rotatable bonds is 5. The van der Waals surface area contributed by atoms with Gasteiger partial charge in [0.1, 0.15) is 0 Å². The van der Waals surface area contributed by atoms with Crippen LogP contribution in [0.5, 0.6) is 5.75 Å². The molecule has 0 spiro atoms. The predicted molar refractivity (Wildman–Crippen MR) is 66.1 cm³/mol. The summed E-state index contributed by atoms with van der Waals surface area (Å²) in [6, 6.07) is 14.0. The maximum atomic E-state index is 13.0. The number of phenolic OH excluding ortho intramolecular Hbond substituents is 1. The molecule has 0 radical (unpaired) electrons. The number of halogens is 1. The molecular weight excluding hydrogens is 233 g/mol. The molecule has 0 aliphatic carbocycles. The van der Waals surface area contributed by atoms with Crippen LogP contribution in [0.25, 0.3) is 0 Å². The maximum Gasteiger partial charge on any atom is 0.165 e. The van der Waals surface area contributed by atoms with Gasteiger partial charge in [0.2, 0.25) is 0 Å². The maximum absolute atomic E-state index is 13.0. The van der Waals surface area contributed by atoms with E-state index < -0.39 is 5.82 Å². The van der Waals surface area contributed by atoms with Crippen molar-refractivity contribution < 1.29 is 14.3 Å². The van der Waals surface area contributed by atoms with E-state index in [0.717, 1.165) is 5.56 Å². The van der Waals surface area contributed by atoms with E-state index >= 15 is 0 Å². The molecule has 2 rings (SSSR count). The Labute approximate surface area is 105 Å². The van der Waals surface area contributed by atoms with Crippen LogP contribution in [0.4, 0.5) is 4.39 Å². The highest BCUT2D eigenvalue weighted by atomic mass is 19.1. The lowest BCUT2D eigenvalue weighted by atomic mass is 10.2. The van der Waals surface area contributed by atoms with Gasteiger partial charge in [0, 0.05) is 6.54 Å². The highest BCUT2D eigenvalue weighted by Gasteiger charge is 2.01. The Balaban J connectivity index is 1.77. The fourth-order valence-electron chi connectivity index (χ4n) is 1.50. The minimum absolute atomic E-state index is 0.344. The van der Waals surface area contributed by atoms with Gasteiger partial charge < -0.3 is 5.11 Å². The molecule has 0 saturated carbocycles. The van der Waals surface area contributed by atoms with Gasteiger partial charge in [-0.25, -0.2) is 4.39 Å². The fourth-order valence-corrected chi connectivity index (χ4v) is 1.50. The van der Waals surface area contributed by atoms with E-state index in [9.17, 15) is 4.39 Å². The molecule has 0 aliphatic rings. The third-order valence-corrected chi connectivity index (χ3v) is 2.47. The number of benzene rings is 2. The summed E-state index contributed by atoms with van der Waals surface area (Å²) in [5, 5.41) is 9.04. The lowest BCUT2D eigenvalue weighted by molar-refractivity contribution is 0.0234. The van der Waals surface area contributed by atoms with Gasteiger partial charge in [0.15, 0.2) is 11.6 Å². The Bertz CT molecular complexity index is 502. The molecule has 0 fully saturated rings. The third-order valence-electron chi connectivity index (χ3n) is 2.47. The molecule has 0 bridgehead atoms. The summed E-state index contributed by atoms with van der Waals surface area (Å²) >= 11 is 0. The summed E-state index contributed by atoms with van der Waals surface area (Å²) in [6.07, 6.45) is 0. The molecule has 0 amide bonds. The van der Waals surface area contributed by atoms with E-state index in [0.29, 0.717) is 18.7 Å². The highest BCUT2D eigenvalue weighted by molar-refractivity contribution is 5.27. The number of aromatic hydroxyl groups is 1. The van der Waals surface area contributed by atoms with Gasteiger partial charge in [-0.1, -0.05) is 36.4 Å². The molecule has 2 N–H and O–H groups in total. The Kier molecular flexibility index (Phi) is 4.28. The van der Waals surface area contributed by atoms with Crippen LogP contribution in [-0.2, 0) is 18.0 Å². The average Bonchev–Trinajstić information content (AvgIpc) is 2.40. The van der Waals surface area contributed by atoms with Crippen molar-refractivity contribution in [3.8, 4) is 5.75 Å². The van der Waals surface area contributed by atoms with Crippen molar-refractivity contribution in [2.75, 3.05) is 0 Å². The largest absolute Gasteiger partial charge is 0.505 e. The zero-order valence-corrected chi connectivity index (χ0v) is 9.77. The molecule has 2 aromatic rings. The van der Waals surface area contributed by atoms with Gasteiger partial charge >= 0.3 is 0 Å². The lowest BCUT2D eigenvalue weighted by Crippen LogP contribution is -2.13. The summed E-state index contributed by atoms with van der Waals surface area (Å²) in [6.45, 7) is 0.825. The van der Waals surface area contributed by atoms with Crippen LogP contribution in [0.1, 0.15) is 11.1 Å². The van der Waals surface area contributed by atoms with Gasteiger partial charge in [-0.3, -0.25) is 4.84 Å². The van der Waals surface area contributed by atoms with E-state index in [4.69, 9.17) is 9.94 Å². The molecule has 3 nitrogen and oxygen atoms in total. The zero-order chi connectivity index (χ0) is 12.8. The fraction of sp³-hybridized carbons (Fsp3) is 0.143. The van der Waals surface area contributed by atoms with Crippen molar-refractivity contribution in [1.82, 2.24) is 5.48 Å². The molecular formula is C14H14FNO2. The Morgan fingerprint density at radius 1 is 1.06 bits per heavy atom. The standard InChI is InChI=1S/C14H14FNO2/c15-13-8-12(6-7-14(13)17)9-16-18-10-11-4-2-1-3-5-11/h1-8,16-17H,9-10H2. The Morgan fingerprint density at radius 3 is 2.56 bits per heavy atom. The monoisotopic (exact) mass is 247 g/mol. The number of nitrogens with one attached hydrogen (secondary N) is 1. The summed E-state index contributed by atoms with van der Waals surface area (Å²) in [4.78, 5) is 5.26. The second-order valence-electron chi connectivity index (χ2n) is 3.88. The molecule has 4 heteroatoms. The van der Waals surface area contributed by atoms with Crippen molar-refractivity contribution >= 4 is 0 Å².